The molecule has 2 atom stereocenters. The van der Waals surface area contributed by atoms with Crippen LogP contribution in [0.25, 0.3) is 0 Å². The van der Waals surface area contributed by atoms with Gasteiger partial charge in [0.05, 0.1) is 18.4 Å². The molecule has 0 aromatic heterocycles. The molecular weight excluding hydrogens is 268 g/mol. The first kappa shape index (κ1) is 15.2. The van der Waals surface area contributed by atoms with Crippen LogP contribution in [-0.4, -0.2) is 58.7 Å². The Bertz CT molecular complexity index is 316. The van der Waals surface area contributed by atoms with Gasteiger partial charge < -0.3 is 14.7 Å². The van der Waals surface area contributed by atoms with Gasteiger partial charge in [-0.15, -0.1) is 11.8 Å². The monoisotopic (exact) mass is 283 g/mol. The van der Waals surface area contributed by atoms with E-state index in [0.29, 0.717) is 5.75 Å². The van der Waals surface area contributed by atoms with Crippen LogP contribution in [0.3, 0.4) is 0 Å². The van der Waals surface area contributed by atoms with Crippen LogP contribution in [-0.2, 0) is 14.3 Å². The highest BCUT2D eigenvalue weighted by Gasteiger charge is 2.38. The minimum absolute atomic E-state index is 0.0819. The molecule has 1 heterocycles. The van der Waals surface area contributed by atoms with E-state index < -0.39 is 25.0 Å². The van der Waals surface area contributed by atoms with E-state index >= 15 is 0 Å². The van der Waals surface area contributed by atoms with Crippen molar-refractivity contribution < 1.29 is 28.2 Å². The Morgan fingerprint density at radius 1 is 1.56 bits per heavy atom. The van der Waals surface area contributed by atoms with Gasteiger partial charge in [-0.3, -0.25) is 4.79 Å². The number of ether oxygens (including phenoxy) is 1. The number of amides is 1. The van der Waals surface area contributed by atoms with Crippen LogP contribution >= 0.6 is 11.8 Å². The summed E-state index contributed by atoms with van der Waals surface area (Å²) in [5.41, 5.74) is 0. The molecule has 1 aliphatic heterocycles. The highest BCUT2D eigenvalue weighted by Crippen LogP contribution is 2.29. The van der Waals surface area contributed by atoms with Gasteiger partial charge in [-0.05, 0) is 6.92 Å². The van der Waals surface area contributed by atoms with Gasteiger partial charge in [0.25, 0.3) is 6.43 Å². The van der Waals surface area contributed by atoms with Gasteiger partial charge >= 0.3 is 5.97 Å². The fourth-order valence-corrected chi connectivity index (χ4v) is 2.86. The van der Waals surface area contributed by atoms with Crippen LogP contribution in [0.4, 0.5) is 8.78 Å². The van der Waals surface area contributed by atoms with Gasteiger partial charge in [-0.25, -0.2) is 13.6 Å². The van der Waals surface area contributed by atoms with Gasteiger partial charge in [0.15, 0.2) is 0 Å². The maximum atomic E-state index is 11.8. The van der Waals surface area contributed by atoms with Crippen molar-refractivity contribution in [3.05, 3.63) is 0 Å². The number of hydrogen-bond acceptors (Lipinski definition) is 4. The minimum Gasteiger partial charge on any atom is -0.480 e. The molecule has 1 N–H and O–H groups in total. The SMILES string of the molecule is CC1SCC(C(=O)O)N1C(=O)CCOCC(F)F. The fourth-order valence-electron chi connectivity index (χ4n) is 1.67. The summed E-state index contributed by atoms with van der Waals surface area (Å²) < 4.78 is 28.2. The zero-order valence-electron chi connectivity index (χ0n) is 9.84. The number of halogens is 2. The molecule has 5 nitrogen and oxygen atoms in total. The Hall–Kier alpha value is -0.890. The maximum Gasteiger partial charge on any atom is 0.327 e. The van der Waals surface area contributed by atoms with E-state index in [2.05, 4.69) is 4.74 Å². The van der Waals surface area contributed by atoms with Crippen molar-refractivity contribution in [2.24, 2.45) is 0 Å². The van der Waals surface area contributed by atoms with Crippen LogP contribution in [0.1, 0.15) is 13.3 Å². The molecule has 0 aliphatic carbocycles. The van der Waals surface area contributed by atoms with E-state index in [1.54, 1.807) is 6.92 Å². The van der Waals surface area contributed by atoms with E-state index in [-0.39, 0.29) is 24.3 Å². The minimum atomic E-state index is -2.56. The summed E-state index contributed by atoms with van der Waals surface area (Å²) in [6, 6.07) is -0.840. The van der Waals surface area contributed by atoms with Crippen molar-refractivity contribution in [2.45, 2.75) is 31.2 Å². The summed E-state index contributed by atoms with van der Waals surface area (Å²) in [7, 11) is 0. The predicted octanol–water partition coefficient (Wildman–Crippen LogP) is 1.03. The normalized spacial score (nSPS) is 23.7. The van der Waals surface area contributed by atoms with E-state index in [1.165, 1.54) is 16.7 Å². The third-order valence-corrected chi connectivity index (χ3v) is 3.72. The van der Waals surface area contributed by atoms with Gasteiger partial charge in [-0.2, -0.15) is 0 Å². The Morgan fingerprint density at radius 2 is 2.22 bits per heavy atom. The van der Waals surface area contributed by atoms with Crippen molar-refractivity contribution in [3.63, 3.8) is 0 Å². The van der Waals surface area contributed by atoms with Crippen molar-refractivity contribution in [1.29, 1.82) is 0 Å². The zero-order chi connectivity index (χ0) is 13.7. The van der Waals surface area contributed by atoms with Gasteiger partial charge in [-0.1, -0.05) is 0 Å². The molecule has 1 aliphatic rings. The molecule has 0 aromatic carbocycles. The standard InChI is InChI=1S/C10H15F2NO4S/c1-6-13(7(5-18-6)10(15)16)9(14)2-3-17-4-8(11)12/h6-8H,2-5H2,1H3,(H,15,16). The van der Waals surface area contributed by atoms with E-state index in [9.17, 15) is 18.4 Å². The number of carbonyl (C=O) groups is 2. The highest BCUT2D eigenvalue weighted by atomic mass is 32.2. The molecule has 0 radical (unpaired) electrons. The van der Waals surface area contributed by atoms with E-state index in [0.717, 1.165) is 0 Å². The molecule has 1 fully saturated rings. The number of alkyl halides is 2. The smallest absolute Gasteiger partial charge is 0.327 e. The molecule has 1 saturated heterocycles. The van der Waals surface area contributed by atoms with Crippen LogP contribution in [0.15, 0.2) is 0 Å². The number of rotatable bonds is 6. The van der Waals surface area contributed by atoms with Crippen LogP contribution < -0.4 is 0 Å². The van der Waals surface area contributed by atoms with Crippen LogP contribution in [0, 0.1) is 0 Å². The average Bonchev–Trinajstić information content (AvgIpc) is 2.66. The van der Waals surface area contributed by atoms with Crippen molar-refractivity contribution in [3.8, 4) is 0 Å². The number of carbonyl (C=O) groups excluding carboxylic acids is 1. The zero-order valence-corrected chi connectivity index (χ0v) is 10.7. The van der Waals surface area contributed by atoms with Crippen LogP contribution in [0.2, 0.25) is 0 Å². The average molecular weight is 283 g/mol. The number of carboxylic acid groups (broad SMARTS) is 1. The van der Waals surface area contributed by atoms with Crippen molar-refractivity contribution >= 4 is 23.6 Å². The molecule has 0 bridgehead atoms. The summed E-state index contributed by atoms with van der Waals surface area (Å²) >= 11 is 1.38. The first-order chi connectivity index (χ1) is 8.43. The lowest BCUT2D eigenvalue weighted by atomic mass is 10.2. The highest BCUT2D eigenvalue weighted by molar-refractivity contribution is 8.00. The summed E-state index contributed by atoms with van der Waals surface area (Å²) in [5.74, 6) is -1.08. The molecule has 8 heteroatoms. The summed E-state index contributed by atoms with van der Waals surface area (Å²) in [6.45, 7) is 0.912. The largest absolute Gasteiger partial charge is 0.480 e. The van der Waals surface area contributed by atoms with E-state index in [1.807, 2.05) is 0 Å². The molecule has 104 valence electrons. The lowest BCUT2D eigenvalue weighted by molar-refractivity contribution is -0.149. The first-order valence-electron chi connectivity index (χ1n) is 5.45. The Morgan fingerprint density at radius 3 is 2.78 bits per heavy atom. The lowest BCUT2D eigenvalue weighted by Gasteiger charge is -2.24. The quantitative estimate of drug-likeness (QED) is 0.738. The Kier molecular flexibility index (Phi) is 5.80. The summed E-state index contributed by atoms with van der Waals surface area (Å²) in [4.78, 5) is 24.0. The number of nitrogens with zero attached hydrogens (tertiary/aromatic N) is 1. The number of aliphatic carboxylic acids is 1. The number of hydrogen-bond donors (Lipinski definition) is 1. The van der Waals surface area contributed by atoms with Gasteiger partial charge in [0.2, 0.25) is 5.91 Å². The van der Waals surface area contributed by atoms with Gasteiger partial charge in [0.1, 0.15) is 12.6 Å². The molecule has 1 amide bonds. The topological polar surface area (TPSA) is 66.8 Å². The predicted molar refractivity (Wildman–Crippen MR) is 61.6 cm³/mol. The maximum absolute atomic E-state index is 11.8. The Labute approximate surface area is 107 Å². The third-order valence-electron chi connectivity index (χ3n) is 2.50. The molecule has 0 spiro atoms. The molecule has 18 heavy (non-hydrogen) atoms. The summed E-state index contributed by atoms with van der Waals surface area (Å²) in [5, 5.41) is 8.74. The molecular formula is C10H15F2NO4S. The molecule has 0 saturated carbocycles. The van der Waals surface area contributed by atoms with Gasteiger partial charge in [0, 0.05) is 5.75 Å². The Balaban J connectivity index is 2.41. The second kappa shape index (κ2) is 6.89. The third kappa shape index (κ3) is 4.09. The van der Waals surface area contributed by atoms with Crippen molar-refractivity contribution in [2.75, 3.05) is 19.0 Å². The first-order valence-corrected chi connectivity index (χ1v) is 6.49. The van der Waals surface area contributed by atoms with Crippen molar-refractivity contribution in [1.82, 2.24) is 4.90 Å². The lowest BCUT2D eigenvalue weighted by Crippen LogP contribution is -2.45. The molecule has 2 unspecified atom stereocenters. The number of thioether (sulfide) groups is 1. The summed E-state index contributed by atoms with van der Waals surface area (Å²) in [6.07, 6.45) is -2.64. The second-order valence-corrected chi connectivity index (χ2v) is 5.15. The fraction of sp³-hybridized carbons (Fsp3) is 0.800. The molecule has 1 rings (SSSR count). The second-order valence-electron chi connectivity index (χ2n) is 3.80. The number of carboxylic acids is 1. The van der Waals surface area contributed by atoms with Crippen LogP contribution in [0.5, 0.6) is 0 Å². The van der Waals surface area contributed by atoms with E-state index in [4.69, 9.17) is 5.11 Å². The molecule has 0 aromatic rings.